The Morgan fingerprint density at radius 3 is 2.64 bits per heavy atom. The fourth-order valence-electron chi connectivity index (χ4n) is 1.23. The molecular weight excluding hydrogens is 176 g/mol. The van der Waals surface area contributed by atoms with Crippen LogP contribution in [0.2, 0.25) is 0 Å². The van der Waals surface area contributed by atoms with Gasteiger partial charge in [0.15, 0.2) is 0 Å². The molecule has 14 heavy (non-hydrogen) atoms. The maximum absolute atomic E-state index is 11.1. The van der Waals surface area contributed by atoms with Crippen LogP contribution < -0.4 is 11.1 Å². The predicted molar refractivity (Wildman–Crippen MR) is 56.6 cm³/mol. The third-order valence-electron chi connectivity index (χ3n) is 1.88. The number of hydrogen-bond acceptors (Lipinski definition) is 2. The fraction of sp³-hybridized carbons (Fsp3) is 0.182. The second kappa shape index (κ2) is 5.19. The van der Waals surface area contributed by atoms with E-state index in [0.29, 0.717) is 6.54 Å². The first kappa shape index (κ1) is 10.5. The summed E-state index contributed by atoms with van der Waals surface area (Å²) in [5, 5.41) is 2.99. The number of nitrogens with one attached hydrogen (secondary N) is 1. The number of rotatable bonds is 5. The Kier molecular flexibility index (Phi) is 3.88. The van der Waals surface area contributed by atoms with Crippen molar-refractivity contribution in [2.45, 2.75) is 6.04 Å². The first-order chi connectivity index (χ1) is 6.75. The van der Waals surface area contributed by atoms with Crippen LogP contribution in [0.5, 0.6) is 0 Å². The van der Waals surface area contributed by atoms with Gasteiger partial charge >= 0.3 is 0 Å². The Morgan fingerprint density at radius 1 is 1.50 bits per heavy atom. The Balaban J connectivity index is 2.78. The van der Waals surface area contributed by atoms with E-state index in [4.69, 9.17) is 5.73 Å². The van der Waals surface area contributed by atoms with Crippen LogP contribution in [0, 0.1) is 0 Å². The number of benzene rings is 1. The van der Waals surface area contributed by atoms with Crippen molar-refractivity contribution >= 4 is 5.91 Å². The van der Waals surface area contributed by atoms with Gasteiger partial charge in [0.25, 0.3) is 0 Å². The van der Waals surface area contributed by atoms with Crippen LogP contribution in [0.3, 0.4) is 0 Å². The van der Waals surface area contributed by atoms with Crippen molar-refractivity contribution in [1.29, 1.82) is 0 Å². The van der Waals surface area contributed by atoms with Gasteiger partial charge in [0.1, 0.15) is 6.04 Å². The summed E-state index contributed by atoms with van der Waals surface area (Å²) in [4.78, 5) is 11.1. The minimum Gasteiger partial charge on any atom is -0.368 e. The largest absolute Gasteiger partial charge is 0.368 e. The number of nitrogens with two attached hydrogens (primary N) is 1. The summed E-state index contributed by atoms with van der Waals surface area (Å²) in [6.45, 7) is 4.13. The van der Waals surface area contributed by atoms with Crippen LogP contribution in [0.15, 0.2) is 43.0 Å². The minimum atomic E-state index is -0.436. The molecule has 1 aromatic carbocycles. The molecule has 0 saturated heterocycles. The third kappa shape index (κ3) is 2.71. The molecule has 0 fully saturated rings. The molecule has 0 spiro atoms. The lowest BCUT2D eigenvalue weighted by Gasteiger charge is -2.14. The highest BCUT2D eigenvalue weighted by Gasteiger charge is 2.15. The van der Waals surface area contributed by atoms with Crippen molar-refractivity contribution in [3.8, 4) is 0 Å². The molecule has 1 aromatic rings. The summed E-state index contributed by atoms with van der Waals surface area (Å²) in [5.41, 5.74) is 6.15. The van der Waals surface area contributed by atoms with Crippen LogP contribution in [0.25, 0.3) is 0 Å². The minimum absolute atomic E-state index is 0.377. The molecule has 1 rings (SSSR count). The van der Waals surface area contributed by atoms with E-state index in [9.17, 15) is 4.79 Å². The molecule has 3 N–H and O–H groups in total. The lowest BCUT2D eigenvalue weighted by Crippen LogP contribution is -2.33. The summed E-state index contributed by atoms with van der Waals surface area (Å²) in [6.07, 6.45) is 1.69. The molecule has 74 valence electrons. The summed E-state index contributed by atoms with van der Waals surface area (Å²) >= 11 is 0. The van der Waals surface area contributed by atoms with Crippen molar-refractivity contribution in [3.05, 3.63) is 48.6 Å². The normalized spacial score (nSPS) is 12.0. The van der Waals surface area contributed by atoms with Gasteiger partial charge in [-0.05, 0) is 5.56 Å². The van der Waals surface area contributed by atoms with Crippen molar-refractivity contribution in [1.82, 2.24) is 5.32 Å². The van der Waals surface area contributed by atoms with Gasteiger partial charge in [-0.1, -0.05) is 36.4 Å². The maximum Gasteiger partial charge on any atom is 0.239 e. The Hall–Kier alpha value is -1.61. The van der Waals surface area contributed by atoms with Crippen molar-refractivity contribution in [3.63, 3.8) is 0 Å². The SMILES string of the molecule is C=CCNC(C(N)=O)c1ccccc1. The van der Waals surface area contributed by atoms with Crippen LogP contribution in [0.1, 0.15) is 11.6 Å². The van der Waals surface area contributed by atoms with E-state index < -0.39 is 6.04 Å². The number of primary amides is 1. The highest BCUT2D eigenvalue weighted by Crippen LogP contribution is 2.11. The van der Waals surface area contributed by atoms with Crippen molar-refractivity contribution in [2.24, 2.45) is 5.73 Å². The molecular formula is C11H14N2O. The average molecular weight is 190 g/mol. The highest BCUT2D eigenvalue weighted by molar-refractivity contribution is 5.81. The standard InChI is InChI=1S/C11H14N2O/c1-2-8-13-10(11(12)14)9-6-4-3-5-7-9/h2-7,10,13H,1,8H2,(H2,12,14). The number of carbonyl (C=O) groups is 1. The molecule has 0 aliphatic rings. The zero-order chi connectivity index (χ0) is 10.4. The van der Waals surface area contributed by atoms with E-state index in [1.54, 1.807) is 6.08 Å². The zero-order valence-corrected chi connectivity index (χ0v) is 7.94. The average Bonchev–Trinajstić information content (AvgIpc) is 2.19. The van der Waals surface area contributed by atoms with E-state index in [-0.39, 0.29) is 5.91 Å². The summed E-state index contributed by atoms with van der Waals surface area (Å²) in [5.74, 6) is -0.377. The summed E-state index contributed by atoms with van der Waals surface area (Å²) in [6, 6.07) is 8.95. The van der Waals surface area contributed by atoms with Crippen LogP contribution in [-0.4, -0.2) is 12.5 Å². The molecule has 0 aliphatic carbocycles. The van der Waals surface area contributed by atoms with Gasteiger partial charge in [-0.3, -0.25) is 10.1 Å². The Morgan fingerprint density at radius 2 is 2.14 bits per heavy atom. The predicted octanol–water partition coefficient (Wildman–Crippen LogP) is 0.989. The first-order valence-corrected chi connectivity index (χ1v) is 4.44. The smallest absolute Gasteiger partial charge is 0.239 e. The molecule has 0 aliphatic heterocycles. The summed E-state index contributed by atoms with van der Waals surface area (Å²) in [7, 11) is 0. The fourth-order valence-corrected chi connectivity index (χ4v) is 1.23. The van der Waals surface area contributed by atoms with Crippen LogP contribution >= 0.6 is 0 Å². The highest BCUT2D eigenvalue weighted by atomic mass is 16.1. The number of carbonyl (C=O) groups excluding carboxylic acids is 1. The third-order valence-corrected chi connectivity index (χ3v) is 1.88. The Bertz CT molecular complexity index is 308. The monoisotopic (exact) mass is 190 g/mol. The second-order valence-corrected chi connectivity index (χ2v) is 2.94. The van der Waals surface area contributed by atoms with Gasteiger partial charge in [-0.2, -0.15) is 0 Å². The van der Waals surface area contributed by atoms with Crippen molar-refractivity contribution < 1.29 is 4.79 Å². The molecule has 1 atom stereocenters. The van der Waals surface area contributed by atoms with E-state index >= 15 is 0 Å². The van der Waals surface area contributed by atoms with Gasteiger partial charge in [-0.15, -0.1) is 6.58 Å². The van der Waals surface area contributed by atoms with Crippen molar-refractivity contribution in [2.75, 3.05) is 6.54 Å². The van der Waals surface area contributed by atoms with E-state index in [2.05, 4.69) is 11.9 Å². The van der Waals surface area contributed by atoms with Gasteiger partial charge in [0, 0.05) is 6.54 Å². The lowest BCUT2D eigenvalue weighted by molar-refractivity contribution is -0.120. The summed E-state index contributed by atoms with van der Waals surface area (Å²) < 4.78 is 0. The van der Waals surface area contributed by atoms with Gasteiger partial charge in [-0.25, -0.2) is 0 Å². The van der Waals surface area contributed by atoms with Gasteiger partial charge < -0.3 is 5.73 Å². The van der Waals surface area contributed by atoms with Crippen LogP contribution in [0.4, 0.5) is 0 Å². The first-order valence-electron chi connectivity index (χ1n) is 4.44. The lowest BCUT2D eigenvalue weighted by atomic mass is 10.1. The molecule has 3 heteroatoms. The topological polar surface area (TPSA) is 55.1 Å². The molecule has 3 nitrogen and oxygen atoms in total. The van der Waals surface area contributed by atoms with Gasteiger partial charge in [0.2, 0.25) is 5.91 Å². The second-order valence-electron chi connectivity index (χ2n) is 2.94. The number of amides is 1. The molecule has 0 radical (unpaired) electrons. The zero-order valence-electron chi connectivity index (χ0n) is 7.94. The van der Waals surface area contributed by atoms with E-state index in [1.165, 1.54) is 0 Å². The van der Waals surface area contributed by atoms with E-state index in [0.717, 1.165) is 5.56 Å². The molecule has 0 saturated carbocycles. The molecule has 1 unspecified atom stereocenters. The molecule has 1 amide bonds. The van der Waals surface area contributed by atoms with Crippen LogP contribution in [-0.2, 0) is 4.79 Å². The Labute approximate surface area is 83.6 Å². The molecule has 0 bridgehead atoms. The van der Waals surface area contributed by atoms with Gasteiger partial charge in [0.05, 0.1) is 0 Å². The number of hydrogen-bond donors (Lipinski definition) is 2. The molecule has 0 heterocycles. The molecule has 0 aromatic heterocycles. The quantitative estimate of drug-likeness (QED) is 0.680. The maximum atomic E-state index is 11.1. The van der Waals surface area contributed by atoms with E-state index in [1.807, 2.05) is 30.3 Å².